The maximum atomic E-state index is 13.3. The molecule has 182 valence electrons. The number of halogens is 3. The third-order valence-corrected chi connectivity index (χ3v) is 8.74. The van der Waals surface area contributed by atoms with Gasteiger partial charge in [0.2, 0.25) is 0 Å². The second-order valence-corrected chi connectivity index (χ2v) is 10.7. The van der Waals surface area contributed by atoms with Crippen LogP contribution < -0.4 is 5.32 Å². The molecule has 0 aromatic heterocycles. The van der Waals surface area contributed by atoms with Gasteiger partial charge in [0.15, 0.2) is 0 Å². The van der Waals surface area contributed by atoms with Gasteiger partial charge in [-0.05, 0) is 41.6 Å². The molecule has 0 spiro atoms. The summed E-state index contributed by atoms with van der Waals surface area (Å²) in [6.45, 7) is 6.92. The van der Waals surface area contributed by atoms with Crippen molar-refractivity contribution in [2.45, 2.75) is 64.6 Å². The zero-order valence-electron chi connectivity index (χ0n) is 19.8. The van der Waals surface area contributed by atoms with Gasteiger partial charge in [0.05, 0.1) is 25.3 Å². The Hall–Kier alpha value is -2.09. The summed E-state index contributed by atoms with van der Waals surface area (Å²) in [6.07, 6.45) is -2.21. The highest BCUT2D eigenvalue weighted by Gasteiger charge is 2.61. The fourth-order valence-electron chi connectivity index (χ4n) is 6.35. The van der Waals surface area contributed by atoms with E-state index in [1.165, 1.54) is 18.5 Å². The van der Waals surface area contributed by atoms with Crippen LogP contribution in [0.1, 0.15) is 57.9 Å². The molecule has 8 heteroatoms. The molecule has 3 aliphatic rings. The third-order valence-electron chi connectivity index (χ3n) is 8.74. The van der Waals surface area contributed by atoms with Crippen LogP contribution >= 0.6 is 0 Å². The van der Waals surface area contributed by atoms with Crippen LogP contribution in [0.25, 0.3) is 0 Å². The van der Waals surface area contributed by atoms with Crippen molar-refractivity contribution in [1.29, 1.82) is 0 Å². The number of nitrogens with zero attached hydrogens (tertiary/aromatic N) is 2. The van der Waals surface area contributed by atoms with Gasteiger partial charge in [0.25, 0.3) is 0 Å². The number of fused-ring (bicyclic) bond motifs is 2. The molecule has 33 heavy (non-hydrogen) atoms. The van der Waals surface area contributed by atoms with Gasteiger partial charge >= 0.3 is 12.2 Å². The molecule has 1 heterocycles. The summed E-state index contributed by atoms with van der Waals surface area (Å²) >= 11 is 0. The lowest BCUT2D eigenvalue weighted by Gasteiger charge is -2.39. The van der Waals surface area contributed by atoms with Gasteiger partial charge in [-0.25, -0.2) is 9.80 Å². The lowest BCUT2D eigenvalue weighted by Crippen LogP contribution is -2.50. The van der Waals surface area contributed by atoms with E-state index in [9.17, 15) is 18.0 Å². The number of hydrazone groups is 1. The van der Waals surface area contributed by atoms with Crippen LogP contribution in [0, 0.1) is 22.7 Å². The van der Waals surface area contributed by atoms with Crippen LogP contribution in [0.15, 0.2) is 35.4 Å². The second-order valence-electron chi connectivity index (χ2n) is 10.7. The van der Waals surface area contributed by atoms with Crippen molar-refractivity contribution in [3.8, 4) is 0 Å². The first-order valence-corrected chi connectivity index (χ1v) is 11.7. The minimum absolute atomic E-state index is 0.00724. The quantitative estimate of drug-likeness (QED) is 0.596. The maximum Gasteiger partial charge on any atom is 0.389 e. The Morgan fingerprint density at radius 2 is 1.97 bits per heavy atom. The number of ether oxygens (including phenoxy) is 1. The van der Waals surface area contributed by atoms with Gasteiger partial charge in [-0.15, -0.1) is 0 Å². The number of hydrogen-bond donors (Lipinski definition) is 1. The van der Waals surface area contributed by atoms with Crippen LogP contribution in [0.4, 0.5) is 18.0 Å². The van der Waals surface area contributed by atoms with E-state index >= 15 is 0 Å². The minimum Gasteiger partial charge on any atom is -0.384 e. The Labute approximate surface area is 193 Å². The zero-order valence-corrected chi connectivity index (χ0v) is 19.8. The van der Waals surface area contributed by atoms with E-state index in [1.54, 1.807) is 0 Å². The van der Waals surface area contributed by atoms with Gasteiger partial charge < -0.3 is 10.1 Å². The highest BCUT2D eigenvalue weighted by atomic mass is 19.4. The Balaban J connectivity index is 1.57. The summed E-state index contributed by atoms with van der Waals surface area (Å²) in [7, 11) is 1.39. The Morgan fingerprint density at radius 1 is 1.27 bits per heavy atom. The minimum atomic E-state index is -4.36. The number of carbonyl (C=O) groups excluding carboxylic acids is 1. The standard InChI is InChI=1S/C25H34F3N3O2/c1-23(2)18-10-11-24(23,3)20(12-18)29-22(32)31-14-19(16-8-6-5-7-9-16)21(30-31)17(15-33-4)13-25(26,27)28/h5-9,17-20H,10-15H2,1-4H3,(H,29,32)/t17?,18-,19?,20+,24+/m1/s1. The summed E-state index contributed by atoms with van der Waals surface area (Å²) in [5, 5.41) is 8.98. The molecule has 1 aromatic rings. The molecule has 2 saturated carbocycles. The van der Waals surface area contributed by atoms with Crippen molar-refractivity contribution in [2.24, 2.45) is 27.8 Å². The maximum absolute atomic E-state index is 13.3. The van der Waals surface area contributed by atoms with Crippen molar-refractivity contribution in [2.75, 3.05) is 20.3 Å². The number of hydrogen-bond acceptors (Lipinski definition) is 3. The molecule has 2 aliphatic carbocycles. The van der Waals surface area contributed by atoms with E-state index in [2.05, 4.69) is 31.2 Å². The highest BCUT2D eigenvalue weighted by Crippen LogP contribution is 2.65. The molecule has 2 unspecified atom stereocenters. The predicted molar refractivity (Wildman–Crippen MR) is 121 cm³/mol. The van der Waals surface area contributed by atoms with Crippen LogP contribution in [0.5, 0.6) is 0 Å². The first-order valence-electron chi connectivity index (χ1n) is 11.7. The molecule has 2 fully saturated rings. The fourth-order valence-corrected chi connectivity index (χ4v) is 6.35. The van der Waals surface area contributed by atoms with Crippen molar-refractivity contribution in [3.05, 3.63) is 35.9 Å². The number of methoxy groups -OCH3 is 1. The summed E-state index contributed by atoms with van der Waals surface area (Å²) in [5.74, 6) is -0.774. The fraction of sp³-hybridized carbons (Fsp3) is 0.680. The van der Waals surface area contributed by atoms with E-state index < -0.39 is 24.4 Å². The van der Waals surface area contributed by atoms with Crippen LogP contribution in [0.2, 0.25) is 0 Å². The molecule has 1 aromatic carbocycles. The number of amides is 2. The summed E-state index contributed by atoms with van der Waals surface area (Å²) < 4.78 is 45.1. The molecule has 0 radical (unpaired) electrons. The van der Waals surface area contributed by atoms with Crippen molar-refractivity contribution in [1.82, 2.24) is 10.3 Å². The van der Waals surface area contributed by atoms with Crippen LogP contribution in [-0.4, -0.2) is 49.2 Å². The van der Waals surface area contributed by atoms with E-state index in [1.807, 2.05) is 30.3 Å². The summed E-state index contributed by atoms with van der Waals surface area (Å²) in [5.41, 5.74) is 1.36. The van der Waals surface area contributed by atoms with Crippen LogP contribution in [0.3, 0.4) is 0 Å². The van der Waals surface area contributed by atoms with E-state index in [0.29, 0.717) is 11.6 Å². The number of urea groups is 1. The van der Waals surface area contributed by atoms with Crippen molar-refractivity contribution < 1.29 is 22.7 Å². The van der Waals surface area contributed by atoms with E-state index in [0.717, 1.165) is 18.4 Å². The van der Waals surface area contributed by atoms with Gasteiger partial charge in [-0.2, -0.15) is 18.3 Å². The first-order chi connectivity index (χ1) is 15.5. The third kappa shape index (κ3) is 4.38. The second kappa shape index (κ2) is 8.60. The van der Waals surface area contributed by atoms with Gasteiger partial charge in [0.1, 0.15) is 0 Å². The summed E-state index contributed by atoms with van der Waals surface area (Å²) in [4.78, 5) is 13.3. The Morgan fingerprint density at radius 3 is 2.52 bits per heavy atom. The zero-order chi connectivity index (χ0) is 24.0. The van der Waals surface area contributed by atoms with Crippen LogP contribution in [-0.2, 0) is 4.74 Å². The number of nitrogens with one attached hydrogen (secondary N) is 1. The molecule has 1 N–H and O–H groups in total. The number of rotatable bonds is 6. The Kier molecular flexibility index (Phi) is 6.27. The molecular weight excluding hydrogens is 431 g/mol. The largest absolute Gasteiger partial charge is 0.389 e. The molecule has 5 nitrogen and oxygen atoms in total. The molecular formula is C25H34F3N3O2. The average Bonchev–Trinajstić information content (AvgIpc) is 3.34. The molecule has 5 atom stereocenters. The molecule has 0 saturated heterocycles. The molecule has 1 aliphatic heterocycles. The average molecular weight is 466 g/mol. The van der Waals surface area contributed by atoms with Gasteiger partial charge in [0, 0.05) is 25.0 Å². The number of carbonyl (C=O) groups is 1. The van der Waals surface area contributed by atoms with E-state index in [4.69, 9.17) is 4.74 Å². The molecule has 2 amide bonds. The highest BCUT2D eigenvalue weighted by molar-refractivity contribution is 5.96. The number of benzene rings is 1. The molecule has 4 rings (SSSR count). The Bertz CT molecular complexity index is 902. The van der Waals surface area contributed by atoms with Crippen molar-refractivity contribution >= 4 is 11.7 Å². The normalized spacial score (nSPS) is 31.5. The summed E-state index contributed by atoms with van der Waals surface area (Å²) in [6, 6.07) is 9.02. The first kappa shape index (κ1) is 24.0. The lowest BCUT2D eigenvalue weighted by atomic mass is 9.69. The topological polar surface area (TPSA) is 53.9 Å². The number of alkyl halides is 3. The monoisotopic (exact) mass is 465 g/mol. The van der Waals surface area contributed by atoms with E-state index in [-0.39, 0.29) is 36.1 Å². The molecule has 2 bridgehead atoms. The lowest BCUT2D eigenvalue weighted by molar-refractivity contribution is -0.142. The SMILES string of the molecule is COCC(CC(F)(F)F)C1=NN(C(=O)N[C@H]2C[C@H]3CC[C@]2(C)C3(C)C)CC1c1ccccc1. The van der Waals surface area contributed by atoms with Gasteiger partial charge in [-0.3, -0.25) is 0 Å². The smallest absolute Gasteiger partial charge is 0.384 e. The van der Waals surface area contributed by atoms with Crippen molar-refractivity contribution in [3.63, 3.8) is 0 Å². The predicted octanol–water partition coefficient (Wildman–Crippen LogP) is 5.58. The van der Waals surface area contributed by atoms with Gasteiger partial charge in [-0.1, -0.05) is 51.1 Å².